The quantitative estimate of drug-likeness (QED) is 0.201. The van der Waals surface area contributed by atoms with Gasteiger partial charge in [-0.25, -0.2) is 13.8 Å². The van der Waals surface area contributed by atoms with Crippen molar-refractivity contribution in [3.8, 4) is 11.5 Å². The van der Waals surface area contributed by atoms with Gasteiger partial charge in [0, 0.05) is 24.7 Å². The Morgan fingerprint density at radius 1 is 1.00 bits per heavy atom. The van der Waals surface area contributed by atoms with E-state index in [0.717, 1.165) is 12.1 Å². The first-order chi connectivity index (χ1) is 19.0. The minimum Gasteiger partial charge on any atom is -0.497 e. The summed E-state index contributed by atoms with van der Waals surface area (Å²) in [5.41, 5.74) is 3.09. The smallest absolute Gasteiger partial charge is 0.289 e. The van der Waals surface area contributed by atoms with Crippen molar-refractivity contribution in [2.75, 3.05) is 30.4 Å². The molecule has 13 nitrogen and oxygen atoms in total. The Hall–Kier alpha value is -4.98. The lowest BCUT2D eigenvalue weighted by Gasteiger charge is -2.25. The number of amides is 2. The molecular weight excluding hydrogens is 542 g/mol. The maximum atomic E-state index is 13.8. The molecule has 3 aromatic carbocycles. The SMILES string of the molecule is COc1ccc(N(CC(=O)N/N=C(/C)c2cccc(NC(C)=O)c2)S(=O)(=O)c2ccccc2[N+](=O)[O-])c(OC)c1. The van der Waals surface area contributed by atoms with Crippen LogP contribution in [0.4, 0.5) is 17.1 Å². The number of hydrazone groups is 1. The van der Waals surface area contributed by atoms with Crippen LogP contribution >= 0.6 is 0 Å². The van der Waals surface area contributed by atoms with Crippen LogP contribution in [-0.2, 0) is 19.6 Å². The zero-order valence-electron chi connectivity index (χ0n) is 22.1. The second-order valence-electron chi connectivity index (χ2n) is 8.27. The van der Waals surface area contributed by atoms with Gasteiger partial charge in [0.15, 0.2) is 4.90 Å². The molecule has 40 heavy (non-hydrogen) atoms. The fraction of sp³-hybridized carbons (Fsp3) is 0.192. The second-order valence-corrected chi connectivity index (χ2v) is 10.1. The van der Waals surface area contributed by atoms with Crippen LogP contribution in [0.15, 0.2) is 76.7 Å². The van der Waals surface area contributed by atoms with Gasteiger partial charge in [0.05, 0.1) is 30.5 Å². The highest BCUT2D eigenvalue weighted by Gasteiger charge is 2.34. The van der Waals surface area contributed by atoms with Gasteiger partial charge in [0.25, 0.3) is 21.6 Å². The zero-order chi connectivity index (χ0) is 29.4. The van der Waals surface area contributed by atoms with Gasteiger partial charge in [-0.05, 0) is 42.8 Å². The van der Waals surface area contributed by atoms with E-state index in [1.54, 1.807) is 31.2 Å². The number of nitrogens with one attached hydrogen (secondary N) is 2. The van der Waals surface area contributed by atoms with Crippen LogP contribution in [0, 0.1) is 10.1 Å². The lowest BCUT2D eigenvalue weighted by molar-refractivity contribution is -0.387. The van der Waals surface area contributed by atoms with Crippen molar-refractivity contribution in [3.05, 3.63) is 82.4 Å². The summed E-state index contributed by atoms with van der Waals surface area (Å²) < 4.78 is 38.8. The third-order valence-electron chi connectivity index (χ3n) is 5.52. The highest BCUT2D eigenvalue weighted by Crippen LogP contribution is 2.37. The van der Waals surface area contributed by atoms with Crippen molar-refractivity contribution in [2.45, 2.75) is 18.7 Å². The molecule has 210 valence electrons. The summed E-state index contributed by atoms with van der Waals surface area (Å²) >= 11 is 0. The molecular formula is C26H27N5O8S. The number of carbonyl (C=O) groups excluding carboxylic acids is 2. The Labute approximate surface area is 230 Å². The predicted molar refractivity (Wildman–Crippen MR) is 148 cm³/mol. The Balaban J connectivity index is 2.00. The van der Waals surface area contributed by atoms with Gasteiger partial charge in [0.2, 0.25) is 5.91 Å². The van der Waals surface area contributed by atoms with Crippen LogP contribution in [0.5, 0.6) is 11.5 Å². The molecule has 0 heterocycles. The average molecular weight is 570 g/mol. The number of nitro benzene ring substituents is 1. The van der Waals surface area contributed by atoms with Crippen LogP contribution in [0.1, 0.15) is 19.4 Å². The first kappa shape index (κ1) is 29.6. The fourth-order valence-electron chi connectivity index (χ4n) is 3.64. The van der Waals surface area contributed by atoms with E-state index in [4.69, 9.17) is 9.47 Å². The van der Waals surface area contributed by atoms with Gasteiger partial charge >= 0.3 is 0 Å². The number of nitrogens with zero attached hydrogens (tertiary/aromatic N) is 3. The van der Waals surface area contributed by atoms with Crippen LogP contribution in [0.2, 0.25) is 0 Å². The molecule has 0 fully saturated rings. The molecule has 0 bridgehead atoms. The molecule has 0 aromatic heterocycles. The first-order valence-corrected chi connectivity index (χ1v) is 13.1. The van der Waals surface area contributed by atoms with Gasteiger partial charge in [-0.3, -0.25) is 24.0 Å². The van der Waals surface area contributed by atoms with Gasteiger partial charge in [-0.15, -0.1) is 0 Å². The van der Waals surface area contributed by atoms with E-state index in [9.17, 15) is 28.1 Å². The molecule has 0 saturated carbocycles. The van der Waals surface area contributed by atoms with E-state index in [2.05, 4.69) is 15.8 Å². The Bertz CT molecular complexity index is 1570. The third-order valence-corrected chi connectivity index (χ3v) is 7.33. The number of nitro groups is 1. The maximum Gasteiger partial charge on any atom is 0.289 e. The number of methoxy groups -OCH3 is 2. The lowest BCUT2D eigenvalue weighted by atomic mass is 10.1. The van der Waals surface area contributed by atoms with Crippen LogP contribution in [-0.4, -0.2) is 51.6 Å². The summed E-state index contributed by atoms with van der Waals surface area (Å²) in [4.78, 5) is 34.5. The number of hydrogen-bond donors (Lipinski definition) is 2. The maximum absolute atomic E-state index is 13.8. The number of anilines is 2. The van der Waals surface area contributed by atoms with Crippen LogP contribution < -0.4 is 24.5 Å². The van der Waals surface area contributed by atoms with Gasteiger partial charge in [-0.2, -0.15) is 5.10 Å². The van der Waals surface area contributed by atoms with Gasteiger partial charge < -0.3 is 14.8 Å². The Kier molecular flexibility index (Phi) is 9.40. The predicted octanol–water partition coefficient (Wildman–Crippen LogP) is 3.31. The van der Waals surface area contributed by atoms with E-state index in [-0.39, 0.29) is 17.3 Å². The van der Waals surface area contributed by atoms with E-state index in [1.807, 2.05) is 0 Å². The number of hydrogen-bond acceptors (Lipinski definition) is 9. The van der Waals surface area contributed by atoms with Crippen molar-refractivity contribution in [3.63, 3.8) is 0 Å². The summed E-state index contributed by atoms with van der Waals surface area (Å²) in [7, 11) is -1.95. The van der Waals surface area contributed by atoms with E-state index in [1.165, 1.54) is 51.5 Å². The summed E-state index contributed by atoms with van der Waals surface area (Å²) in [6, 6.07) is 15.8. The van der Waals surface area contributed by atoms with Crippen molar-refractivity contribution in [1.82, 2.24) is 5.43 Å². The van der Waals surface area contributed by atoms with Gasteiger partial charge in [0.1, 0.15) is 18.0 Å². The first-order valence-electron chi connectivity index (χ1n) is 11.7. The van der Waals surface area contributed by atoms with E-state index in [0.29, 0.717) is 27.0 Å². The zero-order valence-corrected chi connectivity index (χ0v) is 22.9. The second kappa shape index (κ2) is 12.7. The number of sulfonamides is 1. The van der Waals surface area contributed by atoms with Crippen molar-refractivity contribution in [1.29, 1.82) is 0 Å². The minimum absolute atomic E-state index is 0.0452. The largest absolute Gasteiger partial charge is 0.497 e. The topological polar surface area (TPSA) is 170 Å². The highest BCUT2D eigenvalue weighted by atomic mass is 32.2. The van der Waals surface area contributed by atoms with Crippen molar-refractivity contribution >= 4 is 44.6 Å². The third kappa shape index (κ3) is 6.91. The molecule has 3 aromatic rings. The van der Waals surface area contributed by atoms with Gasteiger partial charge in [-0.1, -0.05) is 24.3 Å². The number of ether oxygens (including phenoxy) is 2. The molecule has 0 radical (unpaired) electrons. The molecule has 3 rings (SSSR count). The summed E-state index contributed by atoms with van der Waals surface area (Å²) in [6.45, 7) is 2.19. The Morgan fingerprint density at radius 3 is 2.38 bits per heavy atom. The number of benzene rings is 3. The standard InChI is InChI=1S/C26H27N5O8S/c1-17(19-8-7-9-20(14-19)27-18(2)32)28-29-26(33)16-30(22-13-12-21(38-3)15-24(22)39-4)40(36,37)25-11-6-5-10-23(25)31(34)35/h5-15H,16H2,1-4H3,(H,27,32)(H,29,33)/b28-17-. The summed E-state index contributed by atoms with van der Waals surface area (Å²) in [5, 5.41) is 18.3. The summed E-state index contributed by atoms with van der Waals surface area (Å²) in [6.07, 6.45) is 0. The lowest BCUT2D eigenvalue weighted by Crippen LogP contribution is -2.40. The molecule has 0 spiro atoms. The number of carbonyl (C=O) groups is 2. The van der Waals surface area contributed by atoms with E-state index >= 15 is 0 Å². The molecule has 0 aliphatic carbocycles. The van der Waals surface area contributed by atoms with Crippen molar-refractivity contribution in [2.24, 2.45) is 5.10 Å². The Morgan fingerprint density at radius 2 is 1.73 bits per heavy atom. The fourth-order valence-corrected chi connectivity index (χ4v) is 5.23. The van der Waals surface area contributed by atoms with E-state index < -0.39 is 38.0 Å². The molecule has 0 unspecified atom stereocenters. The minimum atomic E-state index is -4.66. The highest BCUT2D eigenvalue weighted by molar-refractivity contribution is 7.93. The van der Waals surface area contributed by atoms with Crippen LogP contribution in [0.3, 0.4) is 0 Å². The van der Waals surface area contributed by atoms with Crippen LogP contribution in [0.25, 0.3) is 0 Å². The normalized spacial score (nSPS) is 11.3. The molecule has 2 N–H and O–H groups in total. The molecule has 0 aliphatic rings. The molecule has 0 atom stereocenters. The molecule has 14 heteroatoms. The van der Waals surface area contributed by atoms with Crippen molar-refractivity contribution < 1.29 is 32.4 Å². The molecule has 0 saturated heterocycles. The monoisotopic (exact) mass is 569 g/mol. The summed E-state index contributed by atoms with van der Waals surface area (Å²) in [5.74, 6) is -0.690. The number of rotatable bonds is 11. The average Bonchev–Trinajstić information content (AvgIpc) is 2.94. The molecule has 0 aliphatic heterocycles. The molecule has 2 amide bonds. The number of para-hydroxylation sites is 1.